The maximum Gasteiger partial charge on any atom is 0.255 e. The van der Waals surface area contributed by atoms with E-state index in [1.165, 1.54) is 0 Å². The number of amides is 1. The van der Waals surface area contributed by atoms with Gasteiger partial charge in [0.1, 0.15) is 5.75 Å². The zero-order valence-corrected chi connectivity index (χ0v) is 11.1. The van der Waals surface area contributed by atoms with Crippen LogP contribution in [-0.2, 0) is 0 Å². The zero-order valence-electron chi connectivity index (χ0n) is 11.1. The van der Waals surface area contributed by atoms with Gasteiger partial charge in [0, 0.05) is 6.54 Å². The summed E-state index contributed by atoms with van der Waals surface area (Å²) in [6.07, 6.45) is 0.268. The summed E-state index contributed by atoms with van der Waals surface area (Å²) < 4.78 is 0. The van der Waals surface area contributed by atoms with Gasteiger partial charge in [0.15, 0.2) is 0 Å². The number of carbonyl (C=O) groups excluding carboxylic acids is 1. The van der Waals surface area contributed by atoms with Crippen LogP contribution in [0.1, 0.15) is 36.2 Å². The third-order valence-corrected chi connectivity index (χ3v) is 2.84. The first kappa shape index (κ1) is 14.5. The minimum atomic E-state index is -0.371. The molecule has 0 bridgehead atoms. The van der Waals surface area contributed by atoms with Gasteiger partial charge >= 0.3 is 0 Å². The smallest absolute Gasteiger partial charge is 0.255 e. The Bertz CT molecular complexity index is 416. The first-order valence-corrected chi connectivity index (χ1v) is 6.16. The van der Waals surface area contributed by atoms with E-state index in [9.17, 15) is 15.0 Å². The Kier molecular flexibility index (Phi) is 5.16. The van der Waals surface area contributed by atoms with E-state index in [-0.39, 0.29) is 23.7 Å². The molecule has 0 aliphatic heterocycles. The first-order chi connectivity index (χ1) is 8.41. The number of hydrogen-bond acceptors (Lipinski definition) is 3. The Balaban J connectivity index is 2.58. The highest BCUT2D eigenvalue weighted by Gasteiger charge is 2.13. The molecule has 0 unspecified atom stereocenters. The minimum absolute atomic E-state index is 0.0261. The third-order valence-electron chi connectivity index (χ3n) is 2.84. The van der Waals surface area contributed by atoms with Crippen molar-refractivity contribution in [2.75, 3.05) is 6.54 Å². The molecule has 1 aromatic carbocycles. The summed E-state index contributed by atoms with van der Waals surface area (Å²) in [7, 11) is 0. The van der Waals surface area contributed by atoms with Crippen LogP contribution in [0.3, 0.4) is 0 Å². The molecule has 0 fully saturated rings. The summed E-state index contributed by atoms with van der Waals surface area (Å²) in [6.45, 7) is 5.92. The number of carbonyl (C=O) groups is 1. The van der Waals surface area contributed by atoms with Gasteiger partial charge in [-0.1, -0.05) is 19.1 Å². The van der Waals surface area contributed by atoms with Crippen LogP contribution in [-0.4, -0.2) is 28.8 Å². The van der Waals surface area contributed by atoms with E-state index in [0.717, 1.165) is 0 Å². The van der Waals surface area contributed by atoms with Gasteiger partial charge in [-0.15, -0.1) is 0 Å². The average Bonchev–Trinajstić information content (AvgIpc) is 2.29. The van der Waals surface area contributed by atoms with E-state index in [1.54, 1.807) is 32.0 Å². The molecule has 2 atom stereocenters. The van der Waals surface area contributed by atoms with Crippen molar-refractivity contribution in [3.05, 3.63) is 29.3 Å². The van der Waals surface area contributed by atoms with Crippen molar-refractivity contribution in [1.29, 1.82) is 0 Å². The van der Waals surface area contributed by atoms with Crippen molar-refractivity contribution in [2.24, 2.45) is 5.92 Å². The Labute approximate surface area is 108 Å². The number of aromatic hydroxyl groups is 1. The third kappa shape index (κ3) is 4.04. The quantitative estimate of drug-likeness (QED) is 0.748. The average molecular weight is 251 g/mol. The summed E-state index contributed by atoms with van der Waals surface area (Å²) in [5.74, 6) is -0.0623. The van der Waals surface area contributed by atoms with Gasteiger partial charge < -0.3 is 15.5 Å². The number of hydrogen-bond donors (Lipinski definition) is 3. The SMILES string of the molecule is Cc1cccc(C(=O)NC[C@H](C)C[C@@H](C)O)c1O. The van der Waals surface area contributed by atoms with E-state index < -0.39 is 0 Å². The standard InChI is InChI=1S/C14H21NO3/c1-9(7-11(3)16)8-15-14(18)12-6-4-5-10(2)13(12)17/h4-6,9,11,16-17H,7-8H2,1-3H3,(H,15,18)/t9-,11-/m1/s1. The number of phenols is 1. The molecular formula is C14H21NO3. The topological polar surface area (TPSA) is 69.6 Å². The Morgan fingerprint density at radius 3 is 2.67 bits per heavy atom. The molecule has 0 heterocycles. The monoisotopic (exact) mass is 251 g/mol. The van der Waals surface area contributed by atoms with Gasteiger partial charge in [-0.3, -0.25) is 4.79 Å². The van der Waals surface area contributed by atoms with Crippen LogP contribution in [0.4, 0.5) is 0 Å². The van der Waals surface area contributed by atoms with E-state index >= 15 is 0 Å². The second kappa shape index (κ2) is 6.40. The predicted molar refractivity (Wildman–Crippen MR) is 70.6 cm³/mol. The van der Waals surface area contributed by atoms with Crippen LogP contribution in [0.15, 0.2) is 18.2 Å². The first-order valence-electron chi connectivity index (χ1n) is 6.16. The summed E-state index contributed by atoms with van der Waals surface area (Å²) in [5.41, 5.74) is 0.971. The molecular weight excluding hydrogens is 230 g/mol. The molecule has 0 aliphatic rings. The molecule has 0 aliphatic carbocycles. The number of benzene rings is 1. The number of rotatable bonds is 5. The number of aliphatic hydroxyl groups is 1. The molecule has 3 N–H and O–H groups in total. The Morgan fingerprint density at radius 2 is 2.06 bits per heavy atom. The van der Waals surface area contributed by atoms with Crippen molar-refractivity contribution >= 4 is 5.91 Å². The van der Waals surface area contributed by atoms with Gasteiger partial charge in [-0.05, 0) is 37.8 Å². The molecule has 0 radical (unpaired) electrons. The predicted octanol–water partition coefficient (Wildman–Crippen LogP) is 1.84. The van der Waals surface area contributed by atoms with Crippen LogP contribution >= 0.6 is 0 Å². The number of aryl methyl sites for hydroxylation is 1. The molecule has 0 spiro atoms. The fourth-order valence-corrected chi connectivity index (χ4v) is 1.87. The van der Waals surface area contributed by atoms with Crippen molar-refractivity contribution in [3.63, 3.8) is 0 Å². The van der Waals surface area contributed by atoms with E-state index in [4.69, 9.17) is 0 Å². The molecule has 100 valence electrons. The van der Waals surface area contributed by atoms with E-state index in [1.807, 2.05) is 6.92 Å². The highest BCUT2D eigenvalue weighted by molar-refractivity contribution is 5.97. The lowest BCUT2D eigenvalue weighted by Crippen LogP contribution is -2.29. The van der Waals surface area contributed by atoms with Gasteiger partial charge in [-0.25, -0.2) is 0 Å². The molecule has 1 amide bonds. The largest absolute Gasteiger partial charge is 0.507 e. The highest BCUT2D eigenvalue weighted by Crippen LogP contribution is 2.21. The Morgan fingerprint density at radius 1 is 1.39 bits per heavy atom. The fraction of sp³-hybridized carbons (Fsp3) is 0.500. The second-order valence-corrected chi connectivity index (χ2v) is 4.87. The summed E-state index contributed by atoms with van der Waals surface area (Å²) >= 11 is 0. The van der Waals surface area contributed by atoms with Crippen LogP contribution in [0.25, 0.3) is 0 Å². The number of phenolic OH excluding ortho intramolecular Hbond substituents is 1. The summed E-state index contributed by atoms with van der Waals surface area (Å²) in [6, 6.07) is 5.09. The number of nitrogens with one attached hydrogen (secondary N) is 1. The molecule has 0 saturated heterocycles. The molecule has 0 aromatic heterocycles. The lowest BCUT2D eigenvalue weighted by Gasteiger charge is -2.14. The molecule has 0 saturated carbocycles. The van der Waals surface area contributed by atoms with Gasteiger partial charge in [0.25, 0.3) is 5.91 Å². The van der Waals surface area contributed by atoms with Gasteiger partial charge in [0.2, 0.25) is 0 Å². The van der Waals surface area contributed by atoms with Gasteiger partial charge in [0.05, 0.1) is 11.7 Å². The fourth-order valence-electron chi connectivity index (χ4n) is 1.87. The maximum absolute atomic E-state index is 11.9. The van der Waals surface area contributed by atoms with E-state index in [2.05, 4.69) is 5.32 Å². The highest BCUT2D eigenvalue weighted by atomic mass is 16.3. The summed E-state index contributed by atoms with van der Waals surface area (Å²) in [5, 5.41) is 21.8. The Hall–Kier alpha value is -1.55. The molecule has 1 aromatic rings. The maximum atomic E-state index is 11.9. The summed E-state index contributed by atoms with van der Waals surface area (Å²) in [4.78, 5) is 11.9. The van der Waals surface area contributed by atoms with Gasteiger partial charge in [-0.2, -0.15) is 0 Å². The van der Waals surface area contributed by atoms with Crippen LogP contribution < -0.4 is 5.32 Å². The number of para-hydroxylation sites is 1. The van der Waals surface area contributed by atoms with Crippen LogP contribution in [0.2, 0.25) is 0 Å². The molecule has 4 heteroatoms. The van der Waals surface area contributed by atoms with Crippen molar-refractivity contribution < 1.29 is 15.0 Å². The number of aliphatic hydroxyl groups excluding tert-OH is 1. The van der Waals surface area contributed by atoms with Crippen molar-refractivity contribution in [1.82, 2.24) is 5.32 Å². The van der Waals surface area contributed by atoms with Crippen LogP contribution in [0.5, 0.6) is 5.75 Å². The minimum Gasteiger partial charge on any atom is -0.507 e. The molecule has 1 rings (SSSR count). The lowest BCUT2D eigenvalue weighted by molar-refractivity contribution is 0.0936. The molecule has 18 heavy (non-hydrogen) atoms. The zero-order chi connectivity index (χ0) is 13.7. The lowest BCUT2D eigenvalue weighted by atomic mass is 10.0. The van der Waals surface area contributed by atoms with E-state index in [0.29, 0.717) is 24.1 Å². The van der Waals surface area contributed by atoms with Crippen molar-refractivity contribution in [2.45, 2.75) is 33.3 Å². The van der Waals surface area contributed by atoms with Crippen molar-refractivity contribution in [3.8, 4) is 5.75 Å². The van der Waals surface area contributed by atoms with Crippen LogP contribution in [0, 0.1) is 12.8 Å². The second-order valence-electron chi connectivity index (χ2n) is 4.87. The molecule has 4 nitrogen and oxygen atoms in total. The normalized spacial score (nSPS) is 14.0.